The van der Waals surface area contributed by atoms with Crippen LogP contribution in [0.4, 0.5) is 5.69 Å². The van der Waals surface area contributed by atoms with Crippen molar-refractivity contribution in [1.29, 1.82) is 0 Å². The predicted molar refractivity (Wildman–Crippen MR) is 91.0 cm³/mol. The van der Waals surface area contributed by atoms with Crippen molar-refractivity contribution in [2.75, 3.05) is 12.0 Å². The second kappa shape index (κ2) is 5.80. The highest BCUT2D eigenvalue weighted by Gasteiger charge is 2.63. The van der Waals surface area contributed by atoms with Crippen molar-refractivity contribution >= 4 is 17.5 Å². The summed E-state index contributed by atoms with van der Waals surface area (Å²) in [5.74, 6) is 0.885. The van der Waals surface area contributed by atoms with Gasteiger partial charge in [0.2, 0.25) is 11.8 Å². The van der Waals surface area contributed by atoms with Crippen LogP contribution in [0.5, 0.6) is 5.75 Å². The summed E-state index contributed by atoms with van der Waals surface area (Å²) in [5.41, 5.74) is 0.310. The van der Waals surface area contributed by atoms with Crippen LogP contribution in [0.15, 0.2) is 24.3 Å². The third-order valence-electron chi connectivity index (χ3n) is 5.69. The van der Waals surface area contributed by atoms with E-state index in [-0.39, 0.29) is 17.9 Å². The normalized spacial score (nSPS) is 25.3. The molecule has 1 atom stereocenters. The molecule has 1 heterocycles. The average Bonchev–Trinajstić information content (AvgIpc) is 3.43. The van der Waals surface area contributed by atoms with Crippen molar-refractivity contribution in [2.45, 2.75) is 57.0 Å². The minimum atomic E-state index is -0.475. The number of carbonyl (C=O) groups excluding carboxylic acids is 2. The fourth-order valence-electron chi connectivity index (χ4n) is 4.21. The number of nitrogens with one attached hydrogen (secondary N) is 1. The van der Waals surface area contributed by atoms with E-state index in [1.807, 2.05) is 24.3 Å². The van der Waals surface area contributed by atoms with Crippen molar-refractivity contribution in [2.24, 2.45) is 5.41 Å². The molecule has 1 aromatic carbocycles. The summed E-state index contributed by atoms with van der Waals surface area (Å²) in [6, 6.07) is 7.35. The van der Waals surface area contributed by atoms with E-state index in [4.69, 9.17) is 4.74 Å². The summed E-state index contributed by atoms with van der Waals surface area (Å²) in [4.78, 5) is 27.6. The molecule has 5 nitrogen and oxygen atoms in total. The number of benzene rings is 1. The van der Waals surface area contributed by atoms with Gasteiger partial charge in [-0.1, -0.05) is 19.3 Å². The molecule has 2 saturated carbocycles. The van der Waals surface area contributed by atoms with E-state index in [2.05, 4.69) is 5.32 Å². The molecular formula is C19H24N2O3. The Balaban J connectivity index is 1.63. The van der Waals surface area contributed by atoms with Gasteiger partial charge in [0.15, 0.2) is 0 Å². The minimum absolute atomic E-state index is 0.0230. The highest BCUT2D eigenvalue weighted by molar-refractivity contribution is 6.14. The summed E-state index contributed by atoms with van der Waals surface area (Å²) in [6.07, 6.45) is 7.02. The van der Waals surface area contributed by atoms with E-state index >= 15 is 0 Å². The summed E-state index contributed by atoms with van der Waals surface area (Å²) in [5, 5.41) is 3.11. The first-order valence-corrected chi connectivity index (χ1v) is 8.94. The van der Waals surface area contributed by atoms with Crippen LogP contribution in [-0.2, 0) is 9.59 Å². The lowest BCUT2D eigenvalue weighted by Crippen LogP contribution is -2.74. The minimum Gasteiger partial charge on any atom is -0.497 e. The average molecular weight is 328 g/mol. The van der Waals surface area contributed by atoms with Crippen LogP contribution in [0.3, 0.4) is 0 Å². The molecule has 3 aliphatic rings. The van der Waals surface area contributed by atoms with Gasteiger partial charge in [0.05, 0.1) is 12.5 Å². The van der Waals surface area contributed by atoms with E-state index in [9.17, 15) is 9.59 Å². The second-order valence-electron chi connectivity index (χ2n) is 7.28. The van der Waals surface area contributed by atoms with Gasteiger partial charge in [0.25, 0.3) is 0 Å². The lowest BCUT2D eigenvalue weighted by atomic mass is 9.61. The molecule has 0 radical (unpaired) electrons. The van der Waals surface area contributed by atoms with Gasteiger partial charge in [-0.25, -0.2) is 0 Å². The first kappa shape index (κ1) is 15.5. The van der Waals surface area contributed by atoms with Gasteiger partial charge >= 0.3 is 0 Å². The van der Waals surface area contributed by atoms with Gasteiger partial charge in [0.1, 0.15) is 11.8 Å². The van der Waals surface area contributed by atoms with Crippen molar-refractivity contribution in [3.05, 3.63) is 24.3 Å². The number of amides is 2. The molecule has 1 saturated heterocycles. The monoisotopic (exact) mass is 328 g/mol. The van der Waals surface area contributed by atoms with E-state index in [0.29, 0.717) is 6.04 Å². The Morgan fingerprint density at radius 2 is 1.83 bits per heavy atom. The molecule has 1 unspecified atom stereocenters. The molecule has 1 spiro atoms. The second-order valence-corrected chi connectivity index (χ2v) is 7.28. The summed E-state index contributed by atoms with van der Waals surface area (Å²) in [6.45, 7) is 0. The largest absolute Gasteiger partial charge is 0.497 e. The Kier molecular flexibility index (Phi) is 3.74. The Hall–Kier alpha value is -2.04. The highest BCUT2D eigenvalue weighted by atomic mass is 16.5. The molecule has 0 bridgehead atoms. The van der Waals surface area contributed by atoms with Crippen LogP contribution < -0.4 is 15.0 Å². The van der Waals surface area contributed by atoms with E-state index in [0.717, 1.165) is 56.4 Å². The zero-order valence-electron chi connectivity index (χ0n) is 14.1. The zero-order valence-corrected chi connectivity index (χ0v) is 14.1. The predicted octanol–water partition coefficient (Wildman–Crippen LogP) is 2.64. The fourth-order valence-corrected chi connectivity index (χ4v) is 4.21. The first-order valence-electron chi connectivity index (χ1n) is 8.94. The molecule has 2 amide bonds. The van der Waals surface area contributed by atoms with Crippen molar-refractivity contribution < 1.29 is 14.3 Å². The highest BCUT2D eigenvalue weighted by Crippen LogP contribution is 2.52. The number of rotatable bonds is 4. The fraction of sp³-hybridized carbons (Fsp3) is 0.579. The van der Waals surface area contributed by atoms with Crippen LogP contribution in [0, 0.1) is 5.41 Å². The number of nitrogens with zero attached hydrogens (tertiary/aromatic N) is 1. The van der Waals surface area contributed by atoms with Crippen LogP contribution in [-0.4, -0.2) is 31.0 Å². The van der Waals surface area contributed by atoms with Gasteiger partial charge in [-0.05, 0) is 49.9 Å². The molecule has 1 aromatic rings. The van der Waals surface area contributed by atoms with E-state index < -0.39 is 5.41 Å². The van der Waals surface area contributed by atoms with Crippen LogP contribution in [0.1, 0.15) is 44.9 Å². The smallest absolute Gasteiger partial charge is 0.244 e. The summed E-state index contributed by atoms with van der Waals surface area (Å²) >= 11 is 0. The molecule has 1 aliphatic heterocycles. The first-order chi connectivity index (χ1) is 11.7. The van der Waals surface area contributed by atoms with Crippen LogP contribution in [0.2, 0.25) is 0 Å². The van der Waals surface area contributed by atoms with Crippen molar-refractivity contribution in [3.8, 4) is 5.75 Å². The van der Waals surface area contributed by atoms with Crippen LogP contribution in [0.25, 0.3) is 0 Å². The summed E-state index contributed by atoms with van der Waals surface area (Å²) in [7, 11) is 1.62. The molecule has 0 aromatic heterocycles. The summed E-state index contributed by atoms with van der Waals surface area (Å²) < 4.78 is 5.19. The van der Waals surface area contributed by atoms with Gasteiger partial charge in [0, 0.05) is 11.7 Å². The molecule has 24 heavy (non-hydrogen) atoms. The topological polar surface area (TPSA) is 58.6 Å². The lowest BCUT2D eigenvalue weighted by molar-refractivity contribution is -0.150. The quantitative estimate of drug-likeness (QED) is 0.865. The van der Waals surface area contributed by atoms with E-state index in [1.165, 1.54) is 0 Å². The molecule has 4 rings (SSSR count). The molecule has 3 fully saturated rings. The Morgan fingerprint density at radius 1 is 1.17 bits per heavy atom. The Bertz CT molecular complexity index is 645. The molecule has 1 N–H and O–H groups in total. The number of β-lactam (4-membered cyclic amide) rings is 1. The third-order valence-corrected chi connectivity index (χ3v) is 5.69. The number of hydrogen-bond acceptors (Lipinski definition) is 3. The maximum absolute atomic E-state index is 13.0. The third kappa shape index (κ3) is 2.38. The van der Waals surface area contributed by atoms with Crippen molar-refractivity contribution in [1.82, 2.24) is 5.32 Å². The van der Waals surface area contributed by atoms with Crippen molar-refractivity contribution in [3.63, 3.8) is 0 Å². The molecule has 2 aliphatic carbocycles. The Morgan fingerprint density at radius 3 is 2.42 bits per heavy atom. The van der Waals surface area contributed by atoms with Gasteiger partial charge in [-0.15, -0.1) is 0 Å². The SMILES string of the molecule is COc1ccc(N2C(=O)C3(CCCCC3)C2C(=O)NC2CC2)cc1. The van der Waals surface area contributed by atoms with Gasteiger partial charge in [-0.2, -0.15) is 0 Å². The standard InChI is InChI=1S/C19H24N2O3/c1-24-15-9-7-14(8-10-15)21-16(17(22)20-13-5-6-13)19(18(21)23)11-3-2-4-12-19/h7-10,13,16H,2-6,11-12H2,1H3,(H,20,22). The van der Waals surface area contributed by atoms with Gasteiger partial charge in [-0.3, -0.25) is 14.5 Å². The van der Waals surface area contributed by atoms with Gasteiger partial charge < -0.3 is 10.1 Å². The van der Waals surface area contributed by atoms with E-state index in [1.54, 1.807) is 12.0 Å². The molecular weight excluding hydrogens is 304 g/mol. The maximum Gasteiger partial charge on any atom is 0.244 e. The number of hydrogen-bond donors (Lipinski definition) is 1. The molecule has 5 heteroatoms. The lowest BCUT2D eigenvalue weighted by Gasteiger charge is -2.56. The number of ether oxygens (including phenoxy) is 1. The Labute approximate surface area is 142 Å². The number of methoxy groups -OCH3 is 1. The number of carbonyl (C=O) groups is 2. The number of anilines is 1. The maximum atomic E-state index is 13.0. The van der Waals surface area contributed by atoms with Crippen LogP contribution >= 0.6 is 0 Å². The zero-order chi connectivity index (χ0) is 16.7. The molecule has 128 valence electrons.